The van der Waals surface area contributed by atoms with Crippen LogP contribution in [0.4, 0.5) is 0 Å². The molecule has 0 radical (unpaired) electrons. The van der Waals surface area contributed by atoms with Crippen LogP contribution in [0.2, 0.25) is 0 Å². The summed E-state index contributed by atoms with van der Waals surface area (Å²) in [5, 5.41) is 7.30. The lowest BCUT2D eigenvalue weighted by atomic mass is 9.91. The van der Waals surface area contributed by atoms with Crippen LogP contribution >= 0.6 is 0 Å². The molecule has 25 heavy (non-hydrogen) atoms. The number of benzene rings is 1. The van der Waals surface area contributed by atoms with E-state index in [0.29, 0.717) is 0 Å². The number of hydrazone groups is 1. The zero-order chi connectivity index (χ0) is 16.9. The Morgan fingerprint density at radius 3 is 2.76 bits per heavy atom. The third kappa shape index (κ3) is 2.34. The molecule has 1 fully saturated rings. The Labute approximate surface area is 147 Å². The molecule has 1 aromatic carbocycles. The molecule has 0 N–H and O–H groups in total. The number of rotatable bonds is 1. The number of piperidine rings is 1. The summed E-state index contributed by atoms with van der Waals surface area (Å²) in [7, 11) is 2.18. The SMILES string of the molecule is CN1CCC2(CC1)Oc1ccccc1[C@H]1CC(c3cccnc3)=NN12. The average molecular weight is 334 g/mol. The van der Waals surface area contributed by atoms with Gasteiger partial charge in [0.05, 0.1) is 11.8 Å². The summed E-state index contributed by atoms with van der Waals surface area (Å²) in [5.41, 5.74) is 3.14. The maximum absolute atomic E-state index is 6.58. The monoisotopic (exact) mass is 334 g/mol. The van der Waals surface area contributed by atoms with Crippen LogP contribution in [0.15, 0.2) is 53.9 Å². The van der Waals surface area contributed by atoms with E-state index in [-0.39, 0.29) is 11.8 Å². The van der Waals surface area contributed by atoms with Crippen LogP contribution in [-0.4, -0.2) is 46.5 Å². The Kier molecular flexibility index (Phi) is 3.31. The zero-order valence-corrected chi connectivity index (χ0v) is 14.4. The second kappa shape index (κ2) is 5.56. The van der Waals surface area contributed by atoms with Crippen molar-refractivity contribution in [2.24, 2.45) is 5.10 Å². The van der Waals surface area contributed by atoms with Gasteiger partial charge in [-0.2, -0.15) is 5.10 Å². The maximum atomic E-state index is 6.58. The summed E-state index contributed by atoms with van der Waals surface area (Å²) in [6.07, 6.45) is 6.56. The molecule has 5 heteroatoms. The number of ether oxygens (including phenoxy) is 1. The van der Waals surface area contributed by atoms with Gasteiger partial charge in [-0.1, -0.05) is 24.3 Å². The van der Waals surface area contributed by atoms with Gasteiger partial charge in [0.1, 0.15) is 5.75 Å². The summed E-state index contributed by atoms with van der Waals surface area (Å²) in [5.74, 6) is 1.02. The third-order valence-corrected chi connectivity index (χ3v) is 5.67. The van der Waals surface area contributed by atoms with Crippen molar-refractivity contribution in [1.29, 1.82) is 0 Å². The standard InChI is InChI=1S/C20H22N4O/c1-23-11-8-20(9-12-23)24-18(16-6-2-3-7-19(16)25-20)13-17(22-24)15-5-4-10-21-14-15/h2-7,10,14,18H,8-9,11-13H2,1H3/t18-/m1/s1. The van der Waals surface area contributed by atoms with E-state index < -0.39 is 0 Å². The number of hydrogen-bond donors (Lipinski definition) is 0. The smallest absolute Gasteiger partial charge is 0.200 e. The van der Waals surface area contributed by atoms with Gasteiger partial charge in [0, 0.05) is 55.9 Å². The molecule has 128 valence electrons. The van der Waals surface area contributed by atoms with E-state index in [1.807, 2.05) is 18.5 Å². The summed E-state index contributed by atoms with van der Waals surface area (Å²) in [6.45, 7) is 2.06. The fraction of sp³-hybridized carbons (Fsp3) is 0.400. The number of likely N-dealkylation sites (tertiary alicyclic amines) is 1. The van der Waals surface area contributed by atoms with E-state index >= 15 is 0 Å². The Bertz CT molecular complexity index is 811. The first-order chi connectivity index (χ1) is 12.3. The van der Waals surface area contributed by atoms with Gasteiger partial charge in [-0.25, -0.2) is 5.01 Å². The van der Waals surface area contributed by atoms with E-state index in [1.54, 1.807) is 0 Å². The van der Waals surface area contributed by atoms with Crippen LogP contribution < -0.4 is 4.74 Å². The summed E-state index contributed by atoms with van der Waals surface area (Å²) in [4.78, 5) is 6.63. The molecule has 2 aromatic rings. The summed E-state index contributed by atoms with van der Waals surface area (Å²) in [6, 6.07) is 12.8. The highest BCUT2D eigenvalue weighted by Crippen LogP contribution is 2.49. The molecule has 1 spiro atoms. The van der Waals surface area contributed by atoms with Crippen LogP contribution in [-0.2, 0) is 0 Å². The van der Waals surface area contributed by atoms with Gasteiger partial charge in [0.25, 0.3) is 0 Å². The zero-order valence-electron chi connectivity index (χ0n) is 14.4. The fourth-order valence-electron chi connectivity index (χ4n) is 4.24. The molecule has 1 atom stereocenters. The van der Waals surface area contributed by atoms with E-state index in [2.05, 4.69) is 52.3 Å². The normalized spacial score (nSPS) is 24.4. The fourth-order valence-corrected chi connectivity index (χ4v) is 4.24. The lowest BCUT2D eigenvalue weighted by Gasteiger charge is -2.50. The predicted molar refractivity (Wildman–Crippen MR) is 96.5 cm³/mol. The molecule has 3 aliphatic rings. The van der Waals surface area contributed by atoms with Gasteiger partial charge >= 0.3 is 0 Å². The van der Waals surface area contributed by atoms with Gasteiger partial charge in [-0.15, -0.1) is 0 Å². The van der Waals surface area contributed by atoms with Crippen molar-refractivity contribution in [2.75, 3.05) is 20.1 Å². The topological polar surface area (TPSA) is 41.0 Å². The van der Waals surface area contributed by atoms with Crippen molar-refractivity contribution < 1.29 is 4.74 Å². The maximum Gasteiger partial charge on any atom is 0.200 e. The van der Waals surface area contributed by atoms with Crippen molar-refractivity contribution in [3.05, 3.63) is 59.9 Å². The number of fused-ring (bicyclic) bond motifs is 4. The van der Waals surface area contributed by atoms with Crippen LogP contribution in [0.5, 0.6) is 5.75 Å². The van der Waals surface area contributed by atoms with Crippen molar-refractivity contribution in [3.8, 4) is 5.75 Å². The van der Waals surface area contributed by atoms with Crippen LogP contribution in [0.3, 0.4) is 0 Å². The highest BCUT2D eigenvalue weighted by atomic mass is 16.5. The first kappa shape index (κ1) is 14.9. The molecule has 0 saturated carbocycles. The molecule has 5 nitrogen and oxygen atoms in total. The molecule has 0 bridgehead atoms. The third-order valence-electron chi connectivity index (χ3n) is 5.67. The number of pyridine rings is 1. The molecular formula is C20H22N4O. The number of aromatic nitrogens is 1. The quantitative estimate of drug-likeness (QED) is 0.804. The minimum absolute atomic E-state index is 0.253. The van der Waals surface area contributed by atoms with Crippen LogP contribution in [0.25, 0.3) is 0 Å². The number of nitrogens with zero attached hydrogens (tertiary/aromatic N) is 4. The molecule has 1 aromatic heterocycles. The Hall–Kier alpha value is -2.40. The summed E-state index contributed by atoms with van der Waals surface area (Å²) < 4.78 is 6.58. The van der Waals surface area contributed by atoms with E-state index in [0.717, 1.165) is 49.4 Å². The predicted octanol–water partition coefficient (Wildman–Crippen LogP) is 3.05. The molecule has 5 rings (SSSR count). The van der Waals surface area contributed by atoms with Gasteiger partial charge in [0.2, 0.25) is 5.72 Å². The molecule has 0 aliphatic carbocycles. The van der Waals surface area contributed by atoms with E-state index in [9.17, 15) is 0 Å². The lowest BCUT2D eigenvalue weighted by Crippen LogP contribution is -2.58. The van der Waals surface area contributed by atoms with Gasteiger partial charge in [0.15, 0.2) is 0 Å². The summed E-state index contributed by atoms with van der Waals surface area (Å²) >= 11 is 0. The molecule has 0 amide bonds. The highest BCUT2D eigenvalue weighted by Gasteiger charge is 2.51. The highest BCUT2D eigenvalue weighted by molar-refractivity contribution is 6.01. The Morgan fingerprint density at radius 1 is 1.12 bits per heavy atom. The Balaban J connectivity index is 1.59. The molecule has 0 unspecified atom stereocenters. The first-order valence-electron chi connectivity index (χ1n) is 8.99. The minimum Gasteiger partial charge on any atom is -0.466 e. The molecular weight excluding hydrogens is 312 g/mol. The van der Waals surface area contributed by atoms with Crippen LogP contribution in [0.1, 0.15) is 36.4 Å². The second-order valence-corrected chi connectivity index (χ2v) is 7.24. The van der Waals surface area contributed by atoms with E-state index in [4.69, 9.17) is 9.84 Å². The number of hydrogen-bond acceptors (Lipinski definition) is 5. The van der Waals surface area contributed by atoms with Crippen molar-refractivity contribution in [3.63, 3.8) is 0 Å². The van der Waals surface area contributed by atoms with Crippen molar-refractivity contribution in [2.45, 2.75) is 31.0 Å². The minimum atomic E-state index is -0.324. The molecule has 1 saturated heterocycles. The Morgan fingerprint density at radius 2 is 1.96 bits per heavy atom. The van der Waals surface area contributed by atoms with Crippen molar-refractivity contribution >= 4 is 5.71 Å². The van der Waals surface area contributed by atoms with Crippen molar-refractivity contribution in [1.82, 2.24) is 14.9 Å². The average Bonchev–Trinajstić information content (AvgIpc) is 3.12. The van der Waals surface area contributed by atoms with Crippen LogP contribution in [0, 0.1) is 0 Å². The van der Waals surface area contributed by atoms with Gasteiger partial charge < -0.3 is 9.64 Å². The van der Waals surface area contributed by atoms with Gasteiger partial charge in [-0.3, -0.25) is 4.98 Å². The van der Waals surface area contributed by atoms with Gasteiger partial charge in [-0.05, 0) is 19.2 Å². The van der Waals surface area contributed by atoms with E-state index in [1.165, 1.54) is 5.56 Å². The molecule has 4 heterocycles. The lowest BCUT2D eigenvalue weighted by molar-refractivity contribution is -0.147. The largest absolute Gasteiger partial charge is 0.466 e. The first-order valence-corrected chi connectivity index (χ1v) is 8.99. The number of para-hydroxylation sites is 1. The second-order valence-electron chi connectivity index (χ2n) is 7.24. The molecule has 3 aliphatic heterocycles.